The fraction of sp³-hybridized carbons (Fsp3) is 0.214. The van der Waals surface area contributed by atoms with Crippen molar-refractivity contribution in [3.8, 4) is 5.75 Å². The molecule has 2 rings (SSSR count). The Kier molecular flexibility index (Phi) is 3.84. The van der Waals surface area contributed by atoms with Crippen molar-refractivity contribution in [3.05, 3.63) is 40.2 Å². The molecule has 6 heteroatoms. The zero-order valence-electron chi connectivity index (χ0n) is 11.1. The molecule has 0 saturated carbocycles. The molecule has 0 aliphatic carbocycles. The first-order valence-electron chi connectivity index (χ1n) is 6.05. The molecule has 0 spiro atoms. The molecule has 0 atom stereocenters. The molecule has 6 nitrogen and oxygen atoms in total. The van der Waals surface area contributed by atoms with Gasteiger partial charge < -0.3 is 14.5 Å². The summed E-state index contributed by atoms with van der Waals surface area (Å²) < 4.78 is 9.88. The third kappa shape index (κ3) is 2.54. The molecule has 1 N–H and O–H groups in total. The molecule has 0 aliphatic heterocycles. The van der Waals surface area contributed by atoms with Crippen molar-refractivity contribution in [1.82, 2.24) is 4.98 Å². The maximum atomic E-state index is 12.0. The summed E-state index contributed by atoms with van der Waals surface area (Å²) in [6, 6.07) is 6.73. The monoisotopic (exact) mass is 275 g/mol. The number of hydrogen-bond donors (Lipinski definition) is 1. The highest BCUT2D eigenvalue weighted by atomic mass is 16.5. The van der Waals surface area contributed by atoms with Crippen molar-refractivity contribution >= 4 is 22.8 Å². The summed E-state index contributed by atoms with van der Waals surface area (Å²) in [5, 5.41) is 0.463. The average molecular weight is 275 g/mol. The molecule has 104 valence electrons. The van der Waals surface area contributed by atoms with Gasteiger partial charge in [0.2, 0.25) is 0 Å². The van der Waals surface area contributed by atoms with E-state index in [-0.39, 0.29) is 17.9 Å². The zero-order chi connectivity index (χ0) is 14.7. The van der Waals surface area contributed by atoms with Gasteiger partial charge in [-0.3, -0.25) is 9.59 Å². The second kappa shape index (κ2) is 5.56. The first-order chi connectivity index (χ1) is 9.54. The molecule has 0 unspecified atom stereocenters. The van der Waals surface area contributed by atoms with Crippen LogP contribution in [0.2, 0.25) is 0 Å². The summed E-state index contributed by atoms with van der Waals surface area (Å²) in [4.78, 5) is 37.7. The van der Waals surface area contributed by atoms with Gasteiger partial charge in [0.15, 0.2) is 11.3 Å². The Morgan fingerprint density at radius 3 is 2.60 bits per heavy atom. The number of hydrogen-bond acceptors (Lipinski definition) is 5. The van der Waals surface area contributed by atoms with Gasteiger partial charge in [-0.15, -0.1) is 0 Å². The highest BCUT2D eigenvalue weighted by molar-refractivity contribution is 6.00. The minimum atomic E-state index is -0.823. The van der Waals surface area contributed by atoms with Crippen LogP contribution in [0.3, 0.4) is 0 Å². The van der Waals surface area contributed by atoms with Crippen molar-refractivity contribution in [2.45, 2.75) is 13.8 Å². The standard InChI is InChI=1S/C14H13NO5/c1-3-19-14(18)11-12(20-8(2)16)9-6-4-5-7-10(9)15-13(11)17/h4-7H,3H2,1-2H3,(H,15,17). The Morgan fingerprint density at radius 1 is 1.25 bits per heavy atom. The lowest BCUT2D eigenvalue weighted by atomic mass is 10.1. The van der Waals surface area contributed by atoms with Crippen LogP contribution in [-0.2, 0) is 9.53 Å². The van der Waals surface area contributed by atoms with E-state index in [2.05, 4.69) is 4.98 Å². The molecule has 0 aliphatic rings. The number of H-pyrrole nitrogens is 1. The molecule has 1 heterocycles. The van der Waals surface area contributed by atoms with Crippen molar-refractivity contribution in [1.29, 1.82) is 0 Å². The number of fused-ring (bicyclic) bond motifs is 1. The van der Waals surface area contributed by atoms with Gasteiger partial charge in [-0.05, 0) is 19.1 Å². The molecule has 0 radical (unpaired) electrons. The normalized spacial score (nSPS) is 10.3. The van der Waals surface area contributed by atoms with Gasteiger partial charge in [-0.1, -0.05) is 12.1 Å². The van der Waals surface area contributed by atoms with Gasteiger partial charge in [0.25, 0.3) is 5.56 Å². The zero-order valence-corrected chi connectivity index (χ0v) is 11.1. The largest absolute Gasteiger partial charge is 0.462 e. The fourth-order valence-electron chi connectivity index (χ4n) is 1.85. The van der Waals surface area contributed by atoms with Crippen molar-refractivity contribution in [2.75, 3.05) is 6.61 Å². The Labute approximate surface area is 114 Å². The van der Waals surface area contributed by atoms with Crippen molar-refractivity contribution < 1.29 is 19.1 Å². The third-order valence-electron chi connectivity index (χ3n) is 2.60. The smallest absolute Gasteiger partial charge is 0.347 e. The number of para-hydroxylation sites is 1. The molecule has 0 saturated heterocycles. The fourth-order valence-corrected chi connectivity index (χ4v) is 1.85. The first kappa shape index (κ1) is 13.8. The predicted molar refractivity (Wildman–Crippen MR) is 71.8 cm³/mol. The number of aromatic amines is 1. The van der Waals surface area contributed by atoms with E-state index >= 15 is 0 Å². The van der Waals surface area contributed by atoms with E-state index in [0.717, 1.165) is 0 Å². The summed E-state index contributed by atoms with van der Waals surface area (Å²) in [5.41, 5.74) is -0.485. The summed E-state index contributed by atoms with van der Waals surface area (Å²) in [6.45, 7) is 2.94. The average Bonchev–Trinajstić information content (AvgIpc) is 2.38. The molecule has 20 heavy (non-hydrogen) atoms. The van der Waals surface area contributed by atoms with Crippen LogP contribution < -0.4 is 10.3 Å². The van der Waals surface area contributed by atoms with Gasteiger partial charge in [0.1, 0.15) is 0 Å². The molecule has 1 aromatic carbocycles. The van der Waals surface area contributed by atoms with Crippen LogP contribution in [0, 0.1) is 0 Å². The van der Waals surface area contributed by atoms with Gasteiger partial charge >= 0.3 is 11.9 Å². The maximum absolute atomic E-state index is 12.0. The second-order valence-corrected chi connectivity index (χ2v) is 4.02. The number of carbonyl (C=O) groups excluding carboxylic acids is 2. The van der Waals surface area contributed by atoms with Crippen LogP contribution in [0.15, 0.2) is 29.1 Å². The van der Waals surface area contributed by atoms with Crippen molar-refractivity contribution in [2.24, 2.45) is 0 Å². The minimum absolute atomic E-state index is 0.0738. The molecule has 0 bridgehead atoms. The van der Waals surface area contributed by atoms with E-state index in [9.17, 15) is 14.4 Å². The second-order valence-electron chi connectivity index (χ2n) is 4.02. The summed E-state index contributed by atoms with van der Waals surface area (Å²) in [6.07, 6.45) is 0. The molecule has 2 aromatic rings. The highest BCUT2D eigenvalue weighted by Crippen LogP contribution is 2.26. The summed E-state index contributed by atoms with van der Waals surface area (Å²) in [7, 11) is 0. The van der Waals surface area contributed by atoms with Crippen LogP contribution in [0.25, 0.3) is 10.9 Å². The molecule has 0 amide bonds. The molecular weight excluding hydrogens is 262 g/mol. The molecule has 1 aromatic heterocycles. The van der Waals surface area contributed by atoms with E-state index in [0.29, 0.717) is 10.9 Å². The lowest BCUT2D eigenvalue weighted by molar-refractivity contribution is -0.131. The maximum Gasteiger partial charge on any atom is 0.347 e. The number of rotatable bonds is 3. The van der Waals surface area contributed by atoms with Crippen LogP contribution in [0.5, 0.6) is 5.75 Å². The van der Waals surface area contributed by atoms with Crippen LogP contribution >= 0.6 is 0 Å². The third-order valence-corrected chi connectivity index (χ3v) is 2.60. The van der Waals surface area contributed by atoms with E-state index in [1.165, 1.54) is 6.92 Å². The van der Waals surface area contributed by atoms with Crippen molar-refractivity contribution in [3.63, 3.8) is 0 Å². The Balaban J connectivity index is 2.77. The van der Waals surface area contributed by atoms with Gasteiger partial charge in [0.05, 0.1) is 12.1 Å². The number of ether oxygens (including phenoxy) is 2. The summed E-state index contributed by atoms with van der Waals surface area (Å²) >= 11 is 0. The lowest BCUT2D eigenvalue weighted by Gasteiger charge is -2.10. The topological polar surface area (TPSA) is 85.5 Å². The van der Waals surface area contributed by atoms with Gasteiger partial charge in [0, 0.05) is 12.3 Å². The van der Waals surface area contributed by atoms with E-state index in [1.807, 2.05) is 0 Å². The highest BCUT2D eigenvalue weighted by Gasteiger charge is 2.22. The van der Waals surface area contributed by atoms with Crippen LogP contribution in [-0.4, -0.2) is 23.5 Å². The molecule has 0 fully saturated rings. The Bertz CT molecular complexity index is 732. The first-order valence-corrected chi connectivity index (χ1v) is 6.05. The van der Waals surface area contributed by atoms with E-state index in [1.54, 1.807) is 31.2 Å². The predicted octanol–water partition coefficient (Wildman–Crippen LogP) is 1.63. The summed E-state index contributed by atoms with van der Waals surface area (Å²) in [5.74, 6) is -1.52. The number of benzene rings is 1. The van der Waals surface area contributed by atoms with Crippen LogP contribution in [0.1, 0.15) is 24.2 Å². The Hall–Kier alpha value is -2.63. The number of pyridine rings is 1. The van der Waals surface area contributed by atoms with E-state index < -0.39 is 17.5 Å². The number of nitrogens with one attached hydrogen (secondary N) is 1. The number of carbonyl (C=O) groups is 2. The quantitative estimate of drug-likeness (QED) is 0.860. The lowest BCUT2D eigenvalue weighted by Crippen LogP contribution is -2.22. The van der Waals surface area contributed by atoms with E-state index in [4.69, 9.17) is 9.47 Å². The number of aromatic nitrogens is 1. The minimum Gasteiger partial charge on any atom is -0.462 e. The Morgan fingerprint density at radius 2 is 1.95 bits per heavy atom. The van der Waals surface area contributed by atoms with Crippen LogP contribution in [0.4, 0.5) is 0 Å². The van der Waals surface area contributed by atoms with Gasteiger partial charge in [-0.25, -0.2) is 4.79 Å². The SMILES string of the molecule is CCOC(=O)c1c(OC(C)=O)c2ccccc2[nH]c1=O. The molecular formula is C14H13NO5. The number of esters is 2. The van der Waals surface area contributed by atoms with Gasteiger partial charge in [-0.2, -0.15) is 0 Å².